The SMILES string of the molecule is CC(OCc1nc(-c2ccc3ncccc3c2)c(-c2ccccc2)nc1N)c1cnccn1. The molecule has 0 fully saturated rings. The Morgan fingerprint density at radius 2 is 1.70 bits per heavy atom. The average molecular weight is 435 g/mol. The first-order chi connectivity index (χ1) is 16.2. The van der Waals surface area contributed by atoms with Crippen LogP contribution >= 0.6 is 0 Å². The van der Waals surface area contributed by atoms with Crippen molar-refractivity contribution in [1.29, 1.82) is 0 Å². The maximum Gasteiger partial charge on any atom is 0.148 e. The molecule has 5 rings (SSSR count). The van der Waals surface area contributed by atoms with Crippen LogP contribution < -0.4 is 5.73 Å². The van der Waals surface area contributed by atoms with Crippen LogP contribution in [0, 0.1) is 0 Å². The molecule has 3 heterocycles. The lowest BCUT2D eigenvalue weighted by Crippen LogP contribution is -2.09. The van der Waals surface area contributed by atoms with Crippen molar-refractivity contribution < 1.29 is 4.74 Å². The molecule has 0 aliphatic rings. The molecule has 33 heavy (non-hydrogen) atoms. The number of aromatic nitrogens is 5. The predicted molar refractivity (Wildman–Crippen MR) is 128 cm³/mol. The molecule has 0 bridgehead atoms. The molecule has 2 N–H and O–H groups in total. The fourth-order valence-corrected chi connectivity index (χ4v) is 3.62. The number of nitrogen functional groups attached to an aromatic ring is 1. The number of rotatable bonds is 6. The van der Waals surface area contributed by atoms with Gasteiger partial charge in [0.05, 0.1) is 41.5 Å². The molecular weight excluding hydrogens is 412 g/mol. The second kappa shape index (κ2) is 9.10. The van der Waals surface area contributed by atoms with Crippen molar-refractivity contribution in [2.75, 3.05) is 5.73 Å². The molecule has 7 heteroatoms. The van der Waals surface area contributed by atoms with E-state index in [1.165, 1.54) is 0 Å². The summed E-state index contributed by atoms with van der Waals surface area (Å²) in [6, 6.07) is 19.9. The van der Waals surface area contributed by atoms with Gasteiger partial charge < -0.3 is 10.5 Å². The summed E-state index contributed by atoms with van der Waals surface area (Å²) in [7, 11) is 0. The summed E-state index contributed by atoms with van der Waals surface area (Å²) in [6.45, 7) is 2.12. The minimum Gasteiger partial charge on any atom is -0.382 e. The summed E-state index contributed by atoms with van der Waals surface area (Å²) >= 11 is 0. The van der Waals surface area contributed by atoms with Gasteiger partial charge in [-0.25, -0.2) is 9.97 Å². The Kier molecular flexibility index (Phi) is 5.70. The van der Waals surface area contributed by atoms with Crippen molar-refractivity contribution in [3.63, 3.8) is 0 Å². The summed E-state index contributed by atoms with van der Waals surface area (Å²) < 4.78 is 6.01. The molecule has 1 unspecified atom stereocenters. The number of fused-ring (bicyclic) bond motifs is 1. The number of pyridine rings is 1. The van der Waals surface area contributed by atoms with E-state index in [-0.39, 0.29) is 12.7 Å². The number of hydrogen-bond acceptors (Lipinski definition) is 7. The van der Waals surface area contributed by atoms with Gasteiger partial charge in [0.1, 0.15) is 11.5 Å². The van der Waals surface area contributed by atoms with Crippen LogP contribution in [-0.4, -0.2) is 24.9 Å². The van der Waals surface area contributed by atoms with E-state index in [9.17, 15) is 0 Å². The van der Waals surface area contributed by atoms with Gasteiger partial charge >= 0.3 is 0 Å². The van der Waals surface area contributed by atoms with Crippen LogP contribution in [0.15, 0.2) is 85.5 Å². The van der Waals surface area contributed by atoms with Crippen molar-refractivity contribution in [2.45, 2.75) is 19.6 Å². The van der Waals surface area contributed by atoms with Gasteiger partial charge in [-0.1, -0.05) is 42.5 Å². The smallest absolute Gasteiger partial charge is 0.148 e. The molecule has 1 atom stereocenters. The summed E-state index contributed by atoms with van der Waals surface area (Å²) in [4.78, 5) is 22.5. The molecule has 0 saturated carbocycles. The third-order valence-electron chi connectivity index (χ3n) is 5.39. The third kappa shape index (κ3) is 4.40. The number of nitrogens with two attached hydrogens (primary N) is 1. The number of benzene rings is 2. The van der Waals surface area contributed by atoms with Gasteiger partial charge in [0, 0.05) is 35.1 Å². The van der Waals surface area contributed by atoms with E-state index >= 15 is 0 Å². The quantitative estimate of drug-likeness (QED) is 0.401. The van der Waals surface area contributed by atoms with Crippen LogP contribution in [0.5, 0.6) is 0 Å². The summed E-state index contributed by atoms with van der Waals surface area (Å²) in [5.74, 6) is 0.339. The van der Waals surface area contributed by atoms with Gasteiger partial charge in [0.15, 0.2) is 0 Å². The first kappa shape index (κ1) is 20.7. The summed E-state index contributed by atoms with van der Waals surface area (Å²) in [5, 5.41) is 1.03. The Bertz CT molecular complexity index is 1390. The standard InChI is InChI=1S/C26H22N6O/c1-17(22-15-28-12-13-30-22)33-16-23-26(27)32-24(18-6-3-2-4-7-18)25(31-23)20-9-10-21-19(14-20)8-5-11-29-21/h2-15,17H,16H2,1H3,(H2,27,32). The second-order valence-electron chi connectivity index (χ2n) is 7.61. The van der Waals surface area contributed by atoms with Crippen molar-refractivity contribution >= 4 is 16.7 Å². The van der Waals surface area contributed by atoms with Gasteiger partial charge in [-0.2, -0.15) is 0 Å². The van der Waals surface area contributed by atoms with Gasteiger partial charge in [-0.15, -0.1) is 0 Å². The monoisotopic (exact) mass is 434 g/mol. The average Bonchev–Trinajstić information content (AvgIpc) is 2.88. The van der Waals surface area contributed by atoms with E-state index in [0.717, 1.165) is 39.1 Å². The Morgan fingerprint density at radius 3 is 2.52 bits per heavy atom. The van der Waals surface area contributed by atoms with Crippen molar-refractivity contribution in [3.05, 3.63) is 96.8 Å². The predicted octanol–water partition coefficient (Wildman–Crippen LogP) is 5.01. The van der Waals surface area contributed by atoms with Crippen LogP contribution in [0.3, 0.4) is 0 Å². The lowest BCUT2D eigenvalue weighted by Gasteiger charge is -2.16. The Hall–Kier alpha value is -4.23. The molecule has 5 aromatic rings. The minimum atomic E-state index is -0.260. The minimum absolute atomic E-state index is 0.202. The van der Waals surface area contributed by atoms with Crippen molar-refractivity contribution in [3.8, 4) is 22.5 Å². The highest BCUT2D eigenvalue weighted by molar-refractivity contribution is 5.87. The van der Waals surface area contributed by atoms with E-state index in [1.807, 2.05) is 61.5 Å². The van der Waals surface area contributed by atoms with Crippen molar-refractivity contribution in [2.24, 2.45) is 0 Å². The summed E-state index contributed by atoms with van der Waals surface area (Å²) in [6.07, 6.45) is 6.49. The van der Waals surface area contributed by atoms with Gasteiger partial charge in [-0.05, 0) is 25.1 Å². The Morgan fingerprint density at radius 1 is 0.848 bits per heavy atom. The molecule has 0 radical (unpaired) electrons. The fourth-order valence-electron chi connectivity index (χ4n) is 3.62. The highest BCUT2D eigenvalue weighted by Crippen LogP contribution is 2.32. The first-order valence-electron chi connectivity index (χ1n) is 10.6. The van der Waals surface area contributed by atoms with E-state index < -0.39 is 0 Å². The zero-order valence-corrected chi connectivity index (χ0v) is 18.1. The largest absolute Gasteiger partial charge is 0.382 e. The number of nitrogens with zero attached hydrogens (tertiary/aromatic N) is 5. The van der Waals surface area contributed by atoms with Crippen LogP contribution in [-0.2, 0) is 11.3 Å². The highest BCUT2D eigenvalue weighted by Gasteiger charge is 2.17. The number of ether oxygens (including phenoxy) is 1. The maximum absolute atomic E-state index is 6.33. The molecule has 0 aliphatic carbocycles. The molecule has 0 spiro atoms. The molecule has 7 nitrogen and oxygen atoms in total. The zero-order valence-electron chi connectivity index (χ0n) is 18.1. The Balaban J connectivity index is 1.56. The van der Waals surface area contributed by atoms with E-state index in [0.29, 0.717) is 11.5 Å². The van der Waals surface area contributed by atoms with E-state index in [4.69, 9.17) is 20.4 Å². The first-order valence-corrected chi connectivity index (χ1v) is 10.6. The molecule has 2 aromatic carbocycles. The van der Waals surface area contributed by atoms with Crippen LogP contribution in [0.2, 0.25) is 0 Å². The summed E-state index contributed by atoms with van der Waals surface area (Å²) in [5.41, 5.74) is 11.9. The van der Waals surface area contributed by atoms with Crippen molar-refractivity contribution in [1.82, 2.24) is 24.9 Å². The second-order valence-corrected chi connectivity index (χ2v) is 7.61. The van der Waals surface area contributed by atoms with Crippen LogP contribution in [0.25, 0.3) is 33.4 Å². The molecule has 0 aliphatic heterocycles. The molecule has 0 amide bonds. The molecule has 0 saturated heterocycles. The topological polar surface area (TPSA) is 99.7 Å². The van der Waals surface area contributed by atoms with Gasteiger partial charge in [0.2, 0.25) is 0 Å². The van der Waals surface area contributed by atoms with Crippen LogP contribution in [0.4, 0.5) is 5.82 Å². The fraction of sp³-hybridized carbons (Fsp3) is 0.115. The maximum atomic E-state index is 6.33. The molecular formula is C26H22N6O. The zero-order chi connectivity index (χ0) is 22.6. The molecule has 3 aromatic heterocycles. The van der Waals surface area contributed by atoms with Crippen LogP contribution in [0.1, 0.15) is 24.4 Å². The lowest BCUT2D eigenvalue weighted by atomic mass is 10.0. The number of anilines is 1. The van der Waals surface area contributed by atoms with E-state index in [1.54, 1.807) is 24.8 Å². The molecule has 162 valence electrons. The van der Waals surface area contributed by atoms with Gasteiger partial charge in [-0.3, -0.25) is 15.0 Å². The van der Waals surface area contributed by atoms with Gasteiger partial charge in [0.25, 0.3) is 0 Å². The normalized spacial score (nSPS) is 12.0. The number of hydrogen-bond donors (Lipinski definition) is 1. The Labute approximate surface area is 191 Å². The lowest BCUT2D eigenvalue weighted by molar-refractivity contribution is 0.0478. The van der Waals surface area contributed by atoms with E-state index in [2.05, 4.69) is 21.0 Å². The third-order valence-corrected chi connectivity index (χ3v) is 5.39. The highest BCUT2D eigenvalue weighted by atomic mass is 16.5.